The minimum Gasteiger partial charge on any atom is -0.368 e. The highest BCUT2D eigenvalue weighted by atomic mass is 15.1. The molecule has 1 N–H and O–H groups in total. The van der Waals surface area contributed by atoms with E-state index in [1.165, 1.54) is 40.3 Å². The third-order valence-electron chi connectivity index (χ3n) is 6.46. The van der Waals surface area contributed by atoms with Crippen molar-refractivity contribution in [2.45, 2.75) is 46.1 Å². The van der Waals surface area contributed by atoms with Crippen molar-refractivity contribution in [1.29, 1.82) is 0 Å². The van der Waals surface area contributed by atoms with E-state index in [4.69, 9.17) is 4.98 Å². The van der Waals surface area contributed by atoms with Crippen LogP contribution in [0, 0.1) is 0 Å². The molecule has 0 bridgehead atoms. The molecule has 168 valence electrons. The monoisotopic (exact) mass is 428 g/mol. The smallest absolute Gasteiger partial charge is 0.150 e. The van der Waals surface area contributed by atoms with Gasteiger partial charge in [0.1, 0.15) is 0 Å². The molecule has 0 aliphatic heterocycles. The third-order valence-corrected chi connectivity index (χ3v) is 6.46. The van der Waals surface area contributed by atoms with Crippen molar-refractivity contribution in [3.05, 3.63) is 72.4 Å². The Morgan fingerprint density at radius 2 is 1.62 bits per heavy atom. The molecule has 0 saturated carbocycles. The van der Waals surface area contributed by atoms with Crippen LogP contribution >= 0.6 is 0 Å². The van der Waals surface area contributed by atoms with Crippen LogP contribution in [-0.4, -0.2) is 40.6 Å². The predicted molar refractivity (Wildman–Crippen MR) is 138 cm³/mol. The number of unbranched alkanes of at least 4 members (excludes halogenated alkanes) is 1. The molecule has 0 amide bonds. The molecule has 0 atom stereocenters. The summed E-state index contributed by atoms with van der Waals surface area (Å²) in [5.41, 5.74) is 3.94. The SMILES string of the molecule is CCN(CC)CCCCNc1nccc2c3ccccc3n(CCCc3ccccc3)c12. The van der Waals surface area contributed by atoms with Crippen molar-refractivity contribution < 1.29 is 0 Å². The molecule has 4 heteroatoms. The minimum atomic E-state index is 0.957. The minimum absolute atomic E-state index is 0.957. The number of rotatable bonds is 12. The number of nitrogens with one attached hydrogen (secondary N) is 1. The van der Waals surface area contributed by atoms with E-state index in [0.29, 0.717) is 0 Å². The van der Waals surface area contributed by atoms with E-state index in [1.54, 1.807) is 0 Å². The average Bonchev–Trinajstić information content (AvgIpc) is 3.17. The molecule has 2 heterocycles. The Kier molecular flexibility index (Phi) is 7.78. The number of fused-ring (bicyclic) bond motifs is 3. The van der Waals surface area contributed by atoms with Crippen molar-refractivity contribution >= 4 is 27.6 Å². The first-order valence-corrected chi connectivity index (χ1v) is 12.2. The molecule has 0 spiro atoms. The number of para-hydroxylation sites is 1. The highest BCUT2D eigenvalue weighted by Crippen LogP contribution is 2.32. The number of aromatic nitrogens is 2. The van der Waals surface area contributed by atoms with E-state index in [1.807, 2.05) is 6.20 Å². The molecule has 0 aliphatic rings. The quantitative estimate of drug-likeness (QED) is 0.267. The van der Waals surface area contributed by atoms with Crippen molar-refractivity contribution in [3.63, 3.8) is 0 Å². The van der Waals surface area contributed by atoms with Crippen LogP contribution in [0.1, 0.15) is 38.7 Å². The first-order valence-electron chi connectivity index (χ1n) is 12.2. The van der Waals surface area contributed by atoms with Gasteiger partial charge in [-0.25, -0.2) is 4.98 Å². The van der Waals surface area contributed by atoms with Gasteiger partial charge in [0.2, 0.25) is 0 Å². The third kappa shape index (κ3) is 5.13. The molecule has 0 radical (unpaired) electrons. The van der Waals surface area contributed by atoms with E-state index in [9.17, 15) is 0 Å². The standard InChI is InChI=1S/C28H36N4/c1-3-31(4-2)21-11-10-19-29-28-27-25(18-20-30-28)24-16-8-9-17-26(24)32(27)22-12-15-23-13-6-5-7-14-23/h5-9,13-14,16-18,20H,3-4,10-12,15,19,21-22H2,1-2H3,(H,29,30). The summed E-state index contributed by atoms with van der Waals surface area (Å²) in [5, 5.41) is 6.26. The zero-order chi connectivity index (χ0) is 22.2. The summed E-state index contributed by atoms with van der Waals surface area (Å²) >= 11 is 0. The van der Waals surface area contributed by atoms with Crippen LogP contribution in [0.5, 0.6) is 0 Å². The fourth-order valence-corrected chi connectivity index (χ4v) is 4.66. The Bertz CT molecular complexity index is 1110. The fourth-order valence-electron chi connectivity index (χ4n) is 4.66. The Balaban J connectivity index is 1.52. The van der Waals surface area contributed by atoms with Gasteiger partial charge >= 0.3 is 0 Å². The summed E-state index contributed by atoms with van der Waals surface area (Å²) in [6.45, 7) is 9.86. The number of hydrogen-bond acceptors (Lipinski definition) is 3. The first-order chi connectivity index (χ1) is 15.8. The van der Waals surface area contributed by atoms with Gasteiger partial charge in [-0.1, -0.05) is 62.4 Å². The molecular weight excluding hydrogens is 392 g/mol. The van der Waals surface area contributed by atoms with Gasteiger partial charge in [-0.05, 0) is 63.0 Å². The van der Waals surface area contributed by atoms with Crippen LogP contribution in [0.4, 0.5) is 5.82 Å². The van der Waals surface area contributed by atoms with Crippen LogP contribution in [0.25, 0.3) is 21.8 Å². The lowest BCUT2D eigenvalue weighted by Gasteiger charge is -2.17. The van der Waals surface area contributed by atoms with Gasteiger partial charge < -0.3 is 14.8 Å². The number of anilines is 1. The summed E-state index contributed by atoms with van der Waals surface area (Å²) in [5.74, 6) is 1.02. The van der Waals surface area contributed by atoms with Gasteiger partial charge in [0.25, 0.3) is 0 Å². The molecule has 4 aromatic rings. The molecule has 0 saturated heterocycles. The molecule has 0 aliphatic carbocycles. The van der Waals surface area contributed by atoms with Gasteiger partial charge in [-0.3, -0.25) is 0 Å². The topological polar surface area (TPSA) is 33.1 Å². The number of benzene rings is 2. The van der Waals surface area contributed by atoms with E-state index < -0.39 is 0 Å². The van der Waals surface area contributed by atoms with Crippen LogP contribution in [0.3, 0.4) is 0 Å². The van der Waals surface area contributed by atoms with Crippen LogP contribution in [0.15, 0.2) is 66.9 Å². The highest BCUT2D eigenvalue weighted by molar-refractivity contribution is 6.11. The largest absolute Gasteiger partial charge is 0.368 e. The summed E-state index contributed by atoms with van der Waals surface area (Å²) in [6.07, 6.45) is 6.51. The van der Waals surface area contributed by atoms with E-state index >= 15 is 0 Å². The average molecular weight is 429 g/mol. The molecule has 4 nitrogen and oxygen atoms in total. The maximum Gasteiger partial charge on any atom is 0.150 e. The zero-order valence-corrected chi connectivity index (χ0v) is 19.6. The van der Waals surface area contributed by atoms with Gasteiger partial charge in [-0.15, -0.1) is 0 Å². The summed E-state index contributed by atoms with van der Waals surface area (Å²) in [6, 6.07) is 21.7. The maximum absolute atomic E-state index is 4.75. The fraction of sp³-hybridized carbons (Fsp3) is 0.393. The van der Waals surface area contributed by atoms with Crippen LogP contribution in [0.2, 0.25) is 0 Å². The van der Waals surface area contributed by atoms with E-state index in [0.717, 1.165) is 51.3 Å². The van der Waals surface area contributed by atoms with Crippen molar-refractivity contribution in [2.24, 2.45) is 0 Å². The number of nitrogens with zero attached hydrogens (tertiary/aromatic N) is 3. The molecule has 4 rings (SSSR count). The van der Waals surface area contributed by atoms with Crippen molar-refractivity contribution in [1.82, 2.24) is 14.5 Å². The van der Waals surface area contributed by atoms with Gasteiger partial charge in [0, 0.05) is 35.6 Å². The maximum atomic E-state index is 4.75. The zero-order valence-electron chi connectivity index (χ0n) is 19.6. The van der Waals surface area contributed by atoms with Crippen molar-refractivity contribution in [3.8, 4) is 0 Å². The van der Waals surface area contributed by atoms with E-state index in [2.05, 4.69) is 89.3 Å². The first kappa shape index (κ1) is 22.3. The molecule has 32 heavy (non-hydrogen) atoms. The van der Waals surface area contributed by atoms with Gasteiger partial charge in [0.15, 0.2) is 5.82 Å². The summed E-state index contributed by atoms with van der Waals surface area (Å²) in [4.78, 5) is 7.24. The molecule has 0 unspecified atom stereocenters. The summed E-state index contributed by atoms with van der Waals surface area (Å²) < 4.78 is 2.47. The Hall–Kier alpha value is -2.85. The van der Waals surface area contributed by atoms with Gasteiger partial charge in [-0.2, -0.15) is 0 Å². The van der Waals surface area contributed by atoms with Crippen LogP contribution < -0.4 is 5.32 Å². The Morgan fingerprint density at radius 1 is 0.844 bits per heavy atom. The number of hydrogen-bond donors (Lipinski definition) is 1. The second-order valence-electron chi connectivity index (χ2n) is 8.47. The molecular formula is C28H36N4. The van der Waals surface area contributed by atoms with Crippen LogP contribution in [-0.2, 0) is 13.0 Å². The molecule has 0 fully saturated rings. The predicted octanol–water partition coefficient (Wildman–Crippen LogP) is 6.36. The molecule has 2 aromatic heterocycles. The Morgan fingerprint density at radius 3 is 2.44 bits per heavy atom. The molecule has 2 aromatic carbocycles. The number of aryl methyl sites for hydroxylation is 2. The second-order valence-corrected chi connectivity index (χ2v) is 8.47. The number of pyridine rings is 1. The lowest BCUT2D eigenvalue weighted by atomic mass is 10.1. The lowest BCUT2D eigenvalue weighted by Crippen LogP contribution is -2.24. The van der Waals surface area contributed by atoms with Gasteiger partial charge in [0.05, 0.1) is 5.52 Å². The van der Waals surface area contributed by atoms with E-state index in [-0.39, 0.29) is 0 Å². The summed E-state index contributed by atoms with van der Waals surface area (Å²) in [7, 11) is 0. The highest BCUT2D eigenvalue weighted by Gasteiger charge is 2.14. The normalized spacial score (nSPS) is 11.6. The Labute approximate surface area is 192 Å². The lowest BCUT2D eigenvalue weighted by molar-refractivity contribution is 0.298. The second kappa shape index (κ2) is 11.1. The van der Waals surface area contributed by atoms with Crippen molar-refractivity contribution in [2.75, 3.05) is 31.5 Å².